The van der Waals surface area contributed by atoms with Crippen molar-refractivity contribution < 1.29 is 14.0 Å². The van der Waals surface area contributed by atoms with Crippen LogP contribution in [0.3, 0.4) is 0 Å². The first-order chi connectivity index (χ1) is 15.0. The largest absolute Gasteiger partial charge is 0.454 e. The Morgan fingerprint density at radius 2 is 1.84 bits per heavy atom. The lowest BCUT2D eigenvalue weighted by Crippen LogP contribution is -2.35. The Kier molecular flexibility index (Phi) is 5.66. The highest BCUT2D eigenvalue weighted by Crippen LogP contribution is 2.30. The maximum absolute atomic E-state index is 12.2. The van der Waals surface area contributed by atoms with Crippen molar-refractivity contribution in [2.24, 2.45) is 0 Å². The minimum absolute atomic E-state index is 0.0596. The first-order valence-electron chi connectivity index (χ1n) is 9.81. The molecular formula is C24H22N4O3. The molecule has 4 aromatic rings. The summed E-state index contributed by atoms with van der Waals surface area (Å²) < 4.78 is 7.74. The predicted octanol–water partition coefficient (Wildman–Crippen LogP) is 3.50. The zero-order valence-corrected chi connectivity index (χ0v) is 17.3. The molecule has 156 valence electrons. The van der Waals surface area contributed by atoms with Crippen LogP contribution in [0.4, 0.5) is 0 Å². The lowest BCUT2D eigenvalue weighted by molar-refractivity contribution is -0.129. The average Bonchev–Trinajstić information content (AvgIpc) is 3.40. The van der Waals surface area contributed by atoms with E-state index in [0.717, 1.165) is 22.2 Å². The molecule has 0 saturated heterocycles. The Balaban J connectivity index is 1.66. The minimum Gasteiger partial charge on any atom is -0.454 e. The number of furan rings is 1. The van der Waals surface area contributed by atoms with Gasteiger partial charge in [0, 0.05) is 37.3 Å². The fourth-order valence-corrected chi connectivity index (χ4v) is 3.06. The molecule has 2 heterocycles. The number of likely N-dealkylation sites (N-methyl/N-ethyl adjacent to an activating group) is 1. The number of hydrogen-bond acceptors (Lipinski definition) is 4. The normalized spacial score (nSPS) is 11.2. The number of rotatable bonds is 6. The van der Waals surface area contributed by atoms with E-state index in [0.29, 0.717) is 11.5 Å². The molecule has 0 aliphatic heterocycles. The van der Waals surface area contributed by atoms with Crippen molar-refractivity contribution in [1.82, 2.24) is 20.0 Å². The van der Waals surface area contributed by atoms with E-state index in [1.54, 1.807) is 24.9 Å². The molecule has 2 amide bonds. The summed E-state index contributed by atoms with van der Waals surface area (Å²) in [4.78, 5) is 25.3. The Hall–Kier alpha value is -4.13. The Morgan fingerprint density at radius 1 is 1.10 bits per heavy atom. The molecule has 2 aromatic heterocycles. The van der Waals surface area contributed by atoms with E-state index in [1.165, 1.54) is 11.0 Å². The lowest BCUT2D eigenvalue weighted by atomic mass is 10.2. The zero-order chi connectivity index (χ0) is 21.8. The van der Waals surface area contributed by atoms with Gasteiger partial charge >= 0.3 is 0 Å². The molecule has 0 spiro atoms. The van der Waals surface area contributed by atoms with Crippen LogP contribution in [-0.4, -0.2) is 47.1 Å². The van der Waals surface area contributed by atoms with Crippen molar-refractivity contribution in [3.63, 3.8) is 0 Å². The van der Waals surface area contributed by atoms with Crippen LogP contribution in [0.2, 0.25) is 0 Å². The summed E-state index contributed by atoms with van der Waals surface area (Å²) in [5, 5.41) is 8.26. The molecule has 0 unspecified atom stereocenters. The van der Waals surface area contributed by atoms with Crippen LogP contribution in [0, 0.1) is 0 Å². The number of para-hydroxylation sites is 2. The van der Waals surface area contributed by atoms with Gasteiger partial charge in [0.2, 0.25) is 11.8 Å². The van der Waals surface area contributed by atoms with Gasteiger partial charge in [0.15, 0.2) is 5.76 Å². The minimum atomic E-state index is -0.363. The number of amides is 2. The monoisotopic (exact) mass is 414 g/mol. The number of carbonyl (C=O) groups is 2. The second kappa shape index (κ2) is 8.71. The summed E-state index contributed by atoms with van der Waals surface area (Å²) in [6.45, 7) is -0.0596. The Labute approximate surface area is 179 Å². The fraction of sp³-hybridized carbons (Fsp3) is 0.125. The Morgan fingerprint density at radius 3 is 2.58 bits per heavy atom. The van der Waals surface area contributed by atoms with Crippen LogP contribution in [0.5, 0.6) is 0 Å². The molecular weight excluding hydrogens is 392 g/mol. The van der Waals surface area contributed by atoms with E-state index in [4.69, 9.17) is 9.52 Å². The van der Waals surface area contributed by atoms with Crippen LogP contribution < -0.4 is 5.32 Å². The first kappa shape index (κ1) is 20.2. The first-order valence-corrected chi connectivity index (χ1v) is 9.81. The predicted molar refractivity (Wildman–Crippen MR) is 120 cm³/mol. The summed E-state index contributed by atoms with van der Waals surface area (Å²) in [6.07, 6.45) is 4.90. The van der Waals surface area contributed by atoms with E-state index in [2.05, 4.69) is 5.32 Å². The van der Waals surface area contributed by atoms with Gasteiger partial charge < -0.3 is 14.6 Å². The van der Waals surface area contributed by atoms with Crippen LogP contribution in [0.25, 0.3) is 34.2 Å². The average molecular weight is 414 g/mol. The number of benzene rings is 2. The number of hydrogen-bond donors (Lipinski definition) is 1. The lowest BCUT2D eigenvalue weighted by Gasteiger charge is -2.09. The summed E-state index contributed by atoms with van der Waals surface area (Å²) in [6, 6.07) is 19.4. The van der Waals surface area contributed by atoms with Crippen LogP contribution >= 0.6 is 0 Å². The smallest absolute Gasteiger partial charge is 0.244 e. The van der Waals surface area contributed by atoms with Gasteiger partial charge in [-0.15, -0.1) is 0 Å². The molecule has 7 nitrogen and oxygen atoms in total. The molecule has 0 saturated carbocycles. The third kappa shape index (κ3) is 4.56. The number of nitrogens with zero attached hydrogens (tertiary/aromatic N) is 3. The van der Waals surface area contributed by atoms with Crippen molar-refractivity contribution >= 4 is 28.9 Å². The third-order valence-electron chi connectivity index (χ3n) is 4.75. The van der Waals surface area contributed by atoms with Gasteiger partial charge in [-0.05, 0) is 30.3 Å². The SMILES string of the molecule is CN(C)C(=O)CNC(=O)/C=C/c1cn(-c2ccccc2)nc1-c1cc2ccccc2o1. The van der Waals surface area contributed by atoms with E-state index in [9.17, 15) is 9.59 Å². The molecule has 0 atom stereocenters. The molecule has 0 fully saturated rings. The summed E-state index contributed by atoms with van der Waals surface area (Å²) in [7, 11) is 3.28. The highest BCUT2D eigenvalue weighted by Gasteiger charge is 2.15. The topological polar surface area (TPSA) is 80.4 Å². The van der Waals surface area contributed by atoms with Gasteiger partial charge in [-0.1, -0.05) is 36.4 Å². The molecule has 1 N–H and O–H groups in total. The van der Waals surface area contributed by atoms with Crippen LogP contribution in [0.1, 0.15) is 5.56 Å². The molecule has 0 bridgehead atoms. The zero-order valence-electron chi connectivity index (χ0n) is 17.3. The summed E-state index contributed by atoms with van der Waals surface area (Å²) in [5.41, 5.74) is 2.99. The number of carbonyl (C=O) groups excluding carboxylic acids is 2. The quantitative estimate of drug-likeness (QED) is 0.490. The van der Waals surface area contributed by atoms with Crippen molar-refractivity contribution in [2.45, 2.75) is 0 Å². The Bertz CT molecular complexity index is 1220. The fourth-order valence-electron chi connectivity index (χ4n) is 3.06. The van der Waals surface area contributed by atoms with E-state index < -0.39 is 0 Å². The highest BCUT2D eigenvalue weighted by molar-refractivity contribution is 5.95. The molecule has 7 heteroatoms. The van der Waals surface area contributed by atoms with Crippen molar-refractivity contribution in [3.05, 3.63) is 78.5 Å². The highest BCUT2D eigenvalue weighted by atomic mass is 16.3. The van der Waals surface area contributed by atoms with Gasteiger partial charge in [-0.25, -0.2) is 4.68 Å². The number of fused-ring (bicyclic) bond motifs is 1. The molecule has 4 rings (SSSR count). The standard InChI is InChI=1S/C24H22N4O3/c1-27(2)23(30)15-25-22(29)13-12-18-16-28(19-9-4-3-5-10-19)26-24(18)21-14-17-8-6-7-11-20(17)31-21/h3-14,16H,15H2,1-2H3,(H,25,29)/b13-12+. The molecule has 0 aliphatic rings. The molecule has 31 heavy (non-hydrogen) atoms. The van der Waals surface area contributed by atoms with Crippen molar-refractivity contribution in [1.29, 1.82) is 0 Å². The van der Waals surface area contributed by atoms with E-state index >= 15 is 0 Å². The molecule has 0 radical (unpaired) electrons. The number of aromatic nitrogens is 2. The maximum atomic E-state index is 12.2. The van der Waals surface area contributed by atoms with Gasteiger partial charge in [0.05, 0.1) is 12.2 Å². The summed E-state index contributed by atoms with van der Waals surface area (Å²) in [5.74, 6) is 0.0681. The third-order valence-corrected chi connectivity index (χ3v) is 4.75. The van der Waals surface area contributed by atoms with Gasteiger partial charge in [-0.3, -0.25) is 9.59 Å². The van der Waals surface area contributed by atoms with E-state index in [-0.39, 0.29) is 18.4 Å². The van der Waals surface area contributed by atoms with Gasteiger partial charge in [0.25, 0.3) is 0 Å². The van der Waals surface area contributed by atoms with Gasteiger partial charge in [0.1, 0.15) is 11.3 Å². The van der Waals surface area contributed by atoms with Gasteiger partial charge in [-0.2, -0.15) is 5.10 Å². The van der Waals surface area contributed by atoms with Crippen LogP contribution in [0.15, 0.2) is 77.4 Å². The molecule has 2 aromatic carbocycles. The number of nitrogens with one attached hydrogen (secondary N) is 1. The van der Waals surface area contributed by atoms with Crippen molar-refractivity contribution in [3.8, 4) is 17.1 Å². The van der Waals surface area contributed by atoms with Crippen molar-refractivity contribution in [2.75, 3.05) is 20.6 Å². The second-order valence-electron chi connectivity index (χ2n) is 7.20. The van der Waals surface area contributed by atoms with E-state index in [1.807, 2.05) is 66.9 Å². The molecule has 0 aliphatic carbocycles. The second-order valence-corrected chi connectivity index (χ2v) is 7.20. The summed E-state index contributed by atoms with van der Waals surface area (Å²) >= 11 is 0. The maximum Gasteiger partial charge on any atom is 0.244 e. The van der Waals surface area contributed by atoms with Crippen LogP contribution in [-0.2, 0) is 9.59 Å².